The minimum absolute atomic E-state index is 0.0725. The first-order valence-corrected chi connectivity index (χ1v) is 12.0. The quantitative estimate of drug-likeness (QED) is 0.462. The molecule has 0 aliphatic heterocycles. The predicted octanol–water partition coefficient (Wildman–Crippen LogP) is 4.22. The third kappa shape index (κ3) is 6.44. The van der Waals surface area contributed by atoms with E-state index in [1.54, 1.807) is 0 Å². The summed E-state index contributed by atoms with van der Waals surface area (Å²) in [5.41, 5.74) is 2.76. The molecule has 0 saturated heterocycles. The number of hydrogen-bond acceptors (Lipinski definition) is 5. The summed E-state index contributed by atoms with van der Waals surface area (Å²) < 4.78 is 1.85. The molecule has 0 saturated carbocycles. The van der Waals surface area contributed by atoms with E-state index in [1.807, 2.05) is 93.9 Å². The number of amides is 2. The van der Waals surface area contributed by atoms with Crippen LogP contribution >= 0.6 is 11.8 Å². The second kappa shape index (κ2) is 11.1. The minimum Gasteiger partial charge on any atom is -0.349 e. The summed E-state index contributed by atoms with van der Waals surface area (Å²) in [5, 5.41) is 15.3. The molecule has 33 heavy (non-hydrogen) atoms. The zero-order chi connectivity index (χ0) is 24.0. The lowest BCUT2D eigenvalue weighted by atomic mass is 10.0. The van der Waals surface area contributed by atoms with Crippen molar-refractivity contribution in [1.82, 2.24) is 25.4 Å². The topological polar surface area (TPSA) is 88.9 Å². The first-order valence-electron chi connectivity index (χ1n) is 11.0. The van der Waals surface area contributed by atoms with Crippen molar-refractivity contribution >= 4 is 23.6 Å². The standard InChI is InChI=1S/C25H31N5O2S/c1-16(2)22(27-24(32)20-13-11-17(3)12-14-20)23-28-29-25(30(23)5)33-15-21(31)26-18(4)19-9-7-6-8-10-19/h6-14,16,18,22H,15H2,1-5H3,(H,26,31)(H,27,32)/t18-,22+/m0/s1. The van der Waals surface area contributed by atoms with Gasteiger partial charge in [-0.3, -0.25) is 9.59 Å². The maximum atomic E-state index is 12.8. The number of nitrogens with zero attached hydrogens (tertiary/aromatic N) is 3. The number of aryl methyl sites for hydroxylation is 1. The Morgan fingerprint density at radius 1 is 0.970 bits per heavy atom. The molecule has 2 N–H and O–H groups in total. The van der Waals surface area contributed by atoms with Crippen LogP contribution < -0.4 is 10.6 Å². The van der Waals surface area contributed by atoms with E-state index in [-0.39, 0.29) is 35.6 Å². The maximum absolute atomic E-state index is 12.8. The number of thioether (sulfide) groups is 1. The normalized spacial score (nSPS) is 12.9. The van der Waals surface area contributed by atoms with Crippen molar-refractivity contribution in [3.63, 3.8) is 0 Å². The second-order valence-electron chi connectivity index (χ2n) is 8.45. The van der Waals surface area contributed by atoms with Crippen molar-refractivity contribution in [1.29, 1.82) is 0 Å². The summed E-state index contributed by atoms with van der Waals surface area (Å²) >= 11 is 1.32. The van der Waals surface area contributed by atoms with Gasteiger partial charge in [0.25, 0.3) is 5.91 Å². The Morgan fingerprint density at radius 2 is 1.64 bits per heavy atom. The molecule has 174 valence electrons. The van der Waals surface area contributed by atoms with E-state index < -0.39 is 0 Å². The Labute approximate surface area is 199 Å². The van der Waals surface area contributed by atoms with Crippen LogP contribution in [0.1, 0.15) is 60.2 Å². The van der Waals surface area contributed by atoms with Gasteiger partial charge in [0.2, 0.25) is 5.91 Å². The average molecular weight is 466 g/mol. The molecule has 8 heteroatoms. The highest BCUT2D eigenvalue weighted by Crippen LogP contribution is 2.24. The van der Waals surface area contributed by atoms with Crippen molar-refractivity contribution in [2.75, 3.05) is 5.75 Å². The lowest BCUT2D eigenvalue weighted by Gasteiger charge is -2.21. The molecule has 2 atom stereocenters. The number of aromatic nitrogens is 3. The molecule has 2 amide bonds. The minimum atomic E-state index is -0.308. The third-order valence-corrected chi connectivity index (χ3v) is 6.44. The Kier molecular flexibility index (Phi) is 8.27. The average Bonchev–Trinajstić information content (AvgIpc) is 3.16. The fraction of sp³-hybridized carbons (Fsp3) is 0.360. The zero-order valence-corrected chi connectivity index (χ0v) is 20.5. The Morgan fingerprint density at radius 3 is 2.27 bits per heavy atom. The lowest BCUT2D eigenvalue weighted by Crippen LogP contribution is -2.33. The van der Waals surface area contributed by atoms with Crippen LogP contribution in [0.2, 0.25) is 0 Å². The zero-order valence-electron chi connectivity index (χ0n) is 19.7. The van der Waals surface area contributed by atoms with Crippen LogP contribution in [0.25, 0.3) is 0 Å². The Hall–Kier alpha value is -3.13. The smallest absolute Gasteiger partial charge is 0.251 e. The molecule has 0 fully saturated rings. The molecule has 0 bridgehead atoms. The highest BCUT2D eigenvalue weighted by molar-refractivity contribution is 7.99. The number of carbonyl (C=O) groups excluding carboxylic acids is 2. The molecule has 3 rings (SSSR count). The Bertz CT molecular complexity index is 1080. The molecule has 7 nitrogen and oxygen atoms in total. The third-order valence-electron chi connectivity index (χ3n) is 5.42. The van der Waals surface area contributed by atoms with Gasteiger partial charge in [0, 0.05) is 12.6 Å². The molecular formula is C25H31N5O2S. The lowest BCUT2D eigenvalue weighted by molar-refractivity contribution is -0.119. The van der Waals surface area contributed by atoms with Crippen LogP contribution in [0, 0.1) is 12.8 Å². The molecule has 1 heterocycles. The van der Waals surface area contributed by atoms with Crippen LogP contribution in [-0.4, -0.2) is 32.3 Å². The summed E-state index contributed by atoms with van der Waals surface area (Å²) in [7, 11) is 1.86. The van der Waals surface area contributed by atoms with E-state index in [4.69, 9.17) is 0 Å². The van der Waals surface area contributed by atoms with Gasteiger partial charge in [0.15, 0.2) is 11.0 Å². The van der Waals surface area contributed by atoms with E-state index in [0.717, 1.165) is 11.1 Å². The monoisotopic (exact) mass is 465 g/mol. The van der Waals surface area contributed by atoms with Crippen molar-refractivity contribution < 1.29 is 9.59 Å². The molecule has 0 spiro atoms. The van der Waals surface area contributed by atoms with Gasteiger partial charge in [-0.15, -0.1) is 10.2 Å². The van der Waals surface area contributed by atoms with Crippen LogP contribution in [0.15, 0.2) is 59.8 Å². The molecule has 0 aliphatic carbocycles. The molecule has 0 aliphatic rings. The van der Waals surface area contributed by atoms with Gasteiger partial charge < -0.3 is 15.2 Å². The summed E-state index contributed by atoms with van der Waals surface area (Å²) in [6, 6.07) is 16.9. The van der Waals surface area contributed by atoms with Crippen LogP contribution in [0.5, 0.6) is 0 Å². The first-order chi connectivity index (χ1) is 15.8. The fourth-order valence-electron chi connectivity index (χ4n) is 3.42. The number of nitrogens with one attached hydrogen (secondary N) is 2. The van der Waals surface area contributed by atoms with E-state index in [0.29, 0.717) is 16.5 Å². The Balaban J connectivity index is 1.63. The molecule has 2 aromatic carbocycles. The van der Waals surface area contributed by atoms with E-state index in [9.17, 15) is 9.59 Å². The van der Waals surface area contributed by atoms with E-state index in [1.165, 1.54) is 11.8 Å². The van der Waals surface area contributed by atoms with Crippen LogP contribution in [0.3, 0.4) is 0 Å². The van der Waals surface area contributed by atoms with E-state index in [2.05, 4.69) is 20.8 Å². The molecule has 3 aromatic rings. The summed E-state index contributed by atoms with van der Waals surface area (Å²) in [4.78, 5) is 25.2. The van der Waals surface area contributed by atoms with Crippen molar-refractivity contribution in [3.05, 3.63) is 77.1 Å². The first kappa shape index (κ1) is 24.5. The second-order valence-corrected chi connectivity index (χ2v) is 9.39. The van der Waals surface area contributed by atoms with Crippen molar-refractivity contribution in [2.24, 2.45) is 13.0 Å². The summed E-state index contributed by atoms with van der Waals surface area (Å²) in [6.45, 7) is 8.00. The number of hydrogen-bond donors (Lipinski definition) is 2. The van der Waals surface area contributed by atoms with Crippen molar-refractivity contribution in [2.45, 2.75) is 44.9 Å². The number of rotatable bonds is 9. The van der Waals surface area contributed by atoms with Gasteiger partial charge in [-0.1, -0.05) is 73.6 Å². The number of carbonyl (C=O) groups is 2. The van der Waals surface area contributed by atoms with E-state index >= 15 is 0 Å². The largest absolute Gasteiger partial charge is 0.349 e. The highest BCUT2D eigenvalue weighted by Gasteiger charge is 2.25. The molecular weight excluding hydrogens is 434 g/mol. The maximum Gasteiger partial charge on any atom is 0.251 e. The molecule has 1 aromatic heterocycles. The van der Waals surface area contributed by atoms with Crippen molar-refractivity contribution in [3.8, 4) is 0 Å². The summed E-state index contributed by atoms with van der Waals surface area (Å²) in [6.07, 6.45) is 0. The van der Waals surface area contributed by atoms with Crippen LogP contribution in [0.4, 0.5) is 0 Å². The fourth-order valence-corrected chi connectivity index (χ4v) is 4.15. The SMILES string of the molecule is Cc1ccc(C(=O)N[C@@H](c2nnc(SCC(=O)N[C@@H](C)c3ccccc3)n2C)C(C)C)cc1. The van der Waals surface area contributed by atoms with Gasteiger partial charge in [0.05, 0.1) is 17.8 Å². The van der Waals surface area contributed by atoms with Gasteiger partial charge in [-0.05, 0) is 37.5 Å². The highest BCUT2D eigenvalue weighted by atomic mass is 32.2. The predicted molar refractivity (Wildman–Crippen MR) is 131 cm³/mol. The molecule has 0 unspecified atom stereocenters. The molecule has 0 radical (unpaired) electrons. The van der Waals surface area contributed by atoms with Gasteiger partial charge in [-0.2, -0.15) is 0 Å². The van der Waals surface area contributed by atoms with Crippen LogP contribution in [-0.2, 0) is 11.8 Å². The van der Waals surface area contributed by atoms with Gasteiger partial charge >= 0.3 is 0 Å². The van der Waals surface area contributed by atoms with Gasteiger partial charge in [-0.25, -0.2) is 0 Å². The van der Waals surface area contributed by atoms with Gasteiger partial charge in [0.1, 0.15) is 0 Å². The number of benzene rings is 2. The summed E-state index contributed by atoms with van der Waals surface area (Å²) in [5.74, 6) is 0.765.